The van der Waals surface area contributed by atoms with Crippen molar-refractivity contribution in [3.05, 3.63) is 24.3 Å². The number of likely N-dealkylation sites (tertiary alicyclic amines) is 1. The summed E-state index contributed by atoms with van der Waals surface area (Å²) in [4.78, 5) is 2.36. The molecule has 0 saturated carbocycles. The molecule has 4 nitrogen and oxygen atoms in total. The maximum absolute atomic E-state index is 5.86. The summed E-state index contributed by atoms with van der Waals surface area (Å²) < 4.78 is 11.6. The van der Waals surface area contributed by atoms with E-state index in [-0.39, 0.29) is 18.6 Å². The zero-order valence-electron chi connectivity index (χ0n) is 12.4. The lowest BCUT2D eigenvalue weighted by atomic mass is 9.80. The van der Waals surface area contributed by atoms with Crippen molar-refractivity contribution in [1.29, 1.82) is 0 Å². The number of nitrogens with zero attached hydrogens (tertiary/aromatic N) is 2. The molecule has 0 aromatic heterocycles. The van der Waals surface area contributed by atoms with Crippen LogP contribution in [0.5, 0.6) is 0 Å². The fourth-order valence-electron chi connectivity index (χ4n) is 3.80. The van der Waals surface area contributed by atoms with Gasteiger partial charge in [-0.05, 0) is 31.6 Å². The van der Waals surface area contributed by atoms with E-state index in [0.717, 1.165) is 19.4 Å². The highest BCUT2D eigenvalue weighted by Gasteiger charge is 2.45. The molecule has 0 amide bonds. The Balaban J connectivity index is 1.84. The number of hydrogen-bond acceptors (Lipinski definition) is 3. The zero-order chi connectivity index (χ0) is 13.9. The summed E-state index contributed by atoms with van der Waals surface area (Å²) in [5.74, 6) is 0.920. The van der Waals surface area contributed by atoms with Crippen molar-refractivity contribution in [2.45, 2.75) is 44.3 Å². The number of allylic oxidation sites excluding steroid dienone is 3. The summed E-state index contributed by atoms with van der Waals surface area (Å²) >= 11 is 0. The van der Waals surface area contributed by atoms with E-state index in [9.17, 15) is 0 Å². The molecule has 1 aliphatic carbocycles. The maximum Gasteiger partial charge on any atom is 0.120 e. The van der Waals surface area contributed by atoms with E-state index in [1.165, 1.54) is 12.8 Å². The Bertz CT molecular complexity index is 377. The molecule has 0 aromatic rings. The van der Waals surface area contributed by atoms with Gasteiger partial charge in [0.25, 0.3) is 0 Å². The van der Waals surface area contributed by atoms with E-state index in [2.05, 4.69) is 29.2 Å². The predicted octanol–water partition coefficient (Wildman–Crippen LogP) is 2.11. The van der Waals surface area contributed by atoms with Gasteiger partial charge in [-0.15, -0.1) is 0 Å². The van der Waals surface area contributed by atoms with E-state index in [4.69, 9.17) is 14.8 Å². The number of methoxy groups -OCH3 is 2. The zero-order valence-corrected chi connectivity index (χ0v) is 12.4. The fourth-order valence-corrected chi connectivity index (χ4v) is 3.80. The number of ether oxygens (including phenoxy) is 2. The lowest BCUT2D eigenvalue weighted by Crippen LogP contribution is -2.61. The third-order valence-electron chi connectivity index (χ3n) is 4.79. The normalized spacial score (nSPS) is 41.6. The first-order valence-corrected chi connectivity index (χ1v) is 7.70. The topological polar surface area (TPSA) is 35.8 Å². The summed E-state index contributed by atoms with van der Waals surface area (Å²) in [5.41, 5.74) is 0. The van der Waals surface area contributed by atoms with Crippen LogP contribution in [0, 0.1) is 11.8 Å². The highest BCUT2D eigenvalue weighted by Crippen LogP contribution is 2.39. The molecule has 1 radical (unpaired) electrons. The first-order chi connectivity index (χ1) is 9.85. The molecule has 2 fully saturated rings. The van der Waals surface area contributed by atoms with Gasteiger partial charge < -0.3 is 9.47 Å². The smallest absolute Gasteiger partial charge is 0.120 e. The Morgan fingerprint density at radius 3 is 2.65 bits per heavy atom. The van der Waals surface area contributed by atoms with Gasteiger partial charge in [-0.25, -0.2) is 10.2 Å². The van der Waals surface area contributed by atoms with E-state index in [1.54, 1.807) is 7.11 Å². The molecular weight excluding hydrogens is 252 g/mol. The van der Waals surface area contributed by atoms with Gasteiger partial charge in [0.05, 0.1) is 6.17 Å². The van der Waals surface area contributed by atoms with Gasteiger partial charge in [-0.3, -0.25) is 0 Å². The Morgan fingerprint density at radius 2 is 1.95 bits per heavy atom. The van der Waals surface area contributed by atoms with Crippen LogP contribution >= 0.6 is 0 Å². The molecule has 5 atom stereocenters. The highest BCUT2D eigenvalue weighted by molar-refractivity contribution is 5.17. The molecule has 2 aliphatic heterocycles. The quantitative estimate of drug-likeness (QED) is 0.792. The minimum absolute atomic E-state index is 0.0618. The van der Waals surface area contributed by atoms with Crippen LogP contribution < -0.4 is 5.32 Å². The van der Waals surface area contributed by atoms with Crippen LogP contribution in [0.3, 0.4) is 0 Å². The van der Waals surface area contributed by atoms with Crippen LogP contribution in [0.15, 0.2) is 24.3 Å². The summed E-state index contributed by atoms with van der Waals surface area (Å²) in [6.07, 6.45) is 13.9. The van der Waals surface area contributed by atoms with Gasteiger partial charge >= 0.3 is 0 Å². The van der Waals surface area contributed by atoms with Crippen LogP contribution in [-0.4, -0.2) is 44.3 Å². The van der Waals surface area contributed by atoms with Crippen molar-refractivity contribution < 1.29 is 9.47 Å². The monoisotopic (exact) mass is 277 g/mol. The van der Waals surface area contributed by atoms with E-state index in [1.807, 2.05) is 7.11 Å². The predicted molar refractivity (Wildman–Crippen MR) is 78.0 cm³/mol. The Morgan fingerprint density at radius 1 is 1.10 bits per heavy atom. The molecule has 3 rings (SSSR count). The molecule has 3 aliphatic rings. The summed E-state index contributed by atoms with van der Waals surface area (Å²) in [6, 6.07) is 0. The molecule has 0 bridgehead atoms. The number of piperidine rings is 2. The minimum Gasteiger partial charge on any atom is -0.366 e. The number of hydrogen-bond donors (Lipinski definition) is 0. The average molecular weight is 277 g/mol. The third kappa shape index (κ3) is 2.58. The van der Waals surface area contributed by atoms with Crippen LogP contribution in [0.2, 0.25) is 0 Å². The molecule has 0 N–H and O–H groups in total. The SMILES string of the molecule is COC1CC2C=CC=CC2C(OC)N1C1CCCC[N]1. The molecule has 0 spiro atoms. The summed E-state index contributed by atoms with van der Waals surface area (Å²) in [5, 5.41) is 4.81. The standard InChI is InChI=1S/C16H25N2O2/c1-19-15-11-12-7-3-4-8-13(12)16(20-2)18(15)14-9-5-6-10-17-14/h3-4,7-8,12-16H,5-6,9-11H2,1-2H3. The average Bonchev–Trinajstić information content (AvgIpc) is 2.53. The Labute approximate surface area is 121 Å². The summed E-state index contributed by atoms with van der Waals surface area (Å²) in [7, 11) is 3.61. The van der Waals surface area contributed by atoms with Crippen LogP contribution in [0.4, 0.5) is 0 Å². The lowest BCUT2D eigenvalue weighted by molar-refractivity contribution is -0.209. The van der Waals surface area contributed by atoms with Gasteiger partial charge in [0, 0.05) is 26.7 Å². The third-order valence-corrected chi connectivity index (χ3v) is 4.79. The second-order valence-electron chi connectivity index (χ2n) is 5.89. The van der Waals surface area contributed by atoms with Gasteiger partial charge in [0.2, 0.25) is 0 Å². The lowest BCUT2D eigenvalue weighted by Gasteiger charge is -2.51. The highest BCUT2D eigenvalue weighted by atomic mass is 16.5. The second-order valence-corrected chi connectivity index (χ2v) is 5.89. The second kappa shape index (κ2) is 6.39. The molecule has 111 valence electrons. The van der Waals surface area contributed by atoms with Gasteiger partial charge in [0.15, 0.2) is 0 Å². The van der Waals surface area contributed by atoms with Crippen LogP contribution in [-0.2, 0) is 9.47 Å². The minimum atomic E-state index is 0.0618. The van der Waals surface area contributed by atoms with E-state index in [0.29, 0.717) is 11.8 Å². The number of rotatable bonds is 3. The first-order valence-electron chi connectivity index (χ1n) is 7.70. The van der Waals surface area contributed by atoms with Crippen LogP contribution in [0.25, 0.3) is 0 Å². The van der Waals surface area contributed by atoms with Crippen molar-refractivity contribution in [2.24, 2.45) is 11.8 Å². The Kier molecular flexibility index (Phi) is 4.56. The summed E-state index contributed by atoms with van der Waals surface area (Å²) in [6.45, 7) is 0.970. The van der Waals surface area contributed by atoms with Crippen molar-refractivity contribution in [3.63, 3.8) is 0 Å². The van der Waals surface area contributed by atoms with Crippen molar-refractivity contribution in [1.82, 2.24) is 10.2 Å². The van der Waals surface area contributed by atoms with Crippen molar-refractivity contribution >= 4 is 0 Å². The largest absolute Gasteiger partial charge is 0.366 e. The maximum atomic E-state index is 5.86. The van der Waals surface area contributed by atoms with Crippen molar-refractivity contribution in [2.75, 3.05) is 20.8 Å². The van der Waals surface area contributed by atoms with Crippen LogP contribution in [0.1, 0.15) is 25.7 Å². The molecule has 4 heteroatoms. The van der Waals surface area contributed by atoms with E-state index >= 15 is 0 Å². The molecule has 2 saturated heterocycles. The molecule has 5 unspecified atom stereocenters. The van der Waals surface area contributed by atoms with E-state index < -0.39 is 0 Å². The molecule has 20 heavy (non-hydrogen) atoms. The van der Waals surface area contributed by atoms with Gasteiger partial charge in [-0.2, -0.15) is 0 Å². The molecular formula is C16H25N2O2. The van der Waals surface area contributed by atoms with Gasteiger partial charge in [0.1, 0.15) is 12.5 Å². The molecule has 2 heterocycles. The molecule has 0 aromatic carbocycles. The fraction of sp³-hybridized carbons (Fsp3) is 0.750. The number of fused-ring (bicyclic) bond motifs is 1. The first kappa shape index (κ1) is 14.3. The Hall–Kier alpha value is -0.680. The van der Waals surface area contributed by atoms with Crippen molar-refractivity contribution in [3.8, 4) is 0 Å². The van der Waals surface area contributed by atoms with Gasteiger partial charge in [-0.1, -0.05) is 24.3 Å².